The average Bonchev–Trinajstić information content (AvgIpc) is 2.64. The average molecular weight is 212 g/mol. The van der Waals surface area contributed by atoms with Crippen molar-refractivity contribution in [3.05, 3.63) is 24.0 Å². The van der Waals surface area contributed by atoms with Crippen molar-refractivity contribution < 1.29 is 15.0 Å². The van der Waals surface area contributed by atoms with Crippen molar-refractivity contribution in [3.8, 4) is 0 Å². The number of carbonyl (C=O) groups excluding carboxylic acids is 1. The Hall–Kier alpha value is -1.33. The maximum Gasteiger partial charge on any atom is 0.268 e. The molecule has 0 unspecified atom stereocenters. The Labute approximate surface area is 88.3 Å². The second-order valence-corrected chi connectivity index (χ2v) is 3.84. The molecule has 1 heterocycles. The fourth-order valence-corrected chi connectivity index (χ4v) is 1.16. The number of aryl methyl sites for hydroxylation is 1. The summed E-state index contributed by atoms with van der Waals surface area (Å²) in [6, 6.07) is 3.43. The van der Waals surface area contributed by atoms with Crippen molar-refractivity contribution in [3.63, 3.8) is 0 Å². The number of carbonyl (C=O) groups is 1. The number of rotatable bonds is 4. The lowest BCUT2D eigenvalue weighted by Crippen LogP contribution is -2.52. The van der Waals surface area contributed by atoms with Gasteiger partial charge >= 0.3 is 0 Å². The maximum atomic E-state index is 11.7. The van der Waals surface area contributed by atoms with Gasteiger partial charge in [0.05, 0.1) is 18.8 Å². The third kappa shape index (κ3) is 2.57. The molecule has 0 atom stereocenters. The van der Waals surface area contributed by atoms with Gasteiger partial charge in [0.25, 0.3) is 5.91 Å². The first kappa shape index (κ1) is 11.7. The van der Waals surface area contributed by atoms with Crippen LogP contribution in [0.25, 0.3) is 0 Å². The monoisotopic (exact) mass is 212 g/mol. The van der Waals surface area contributed by atoms with Crippen molar-refractivity contribution in [2.45, 2.75) is 12.5 Å². The van der Waals surface area contributed by atoms with E-state index < -0.39 is 5.54 Å². The van der Waals surface area contributed by atoms with Crippen LogP contribution in [-0.2, 0) is 7.05 Å². The summed E-state index contributed by atoms with van der Waals surface area (Å²) in [6.07, 6.45) is 1.75. The minimum absolute atomic E-state index is 0.306. The van der Waals surface area contributed by atoms with E-state index in [1.54, 1.807) is 36.9 Å². The first-order valence-electron chi connectivity index (χ1n) is 4.68. The summed E-state index contributed by atoms with van der Waals surface area (Å²) in [4.78, 5) is 11.7. The molecule has 0 saturated carbocycles. The molecule has 0 saturated heterocycles. The van der Waals surface area contributed by atoms with Crippen molar-refractivity contribution in [1.29, 1.82) is 0 Å². The number of hydrogen-bond acceptors (Lipinski definition) is 3. The summed E-state index contributed by atoms with van der Waals surface area (Å²) in [7, 11) is 1.75. The first-order valence-corrected chi connectivity index (χ1v) is 4.68. The lowest BCUT2D eigenvalue weighted by atomic mass is 10.1. The molecule has 5 heteroatoms. The smallest absolute Gasteiger partial charge is 0.268 e. The van der Waals surface area contributed by atoms with Crippen molar-refractivity contribution in [2.75, 3.05) is 13.2 Å². The van der Waals surface area contributed by atoms with Gasteiger partial charge < -0.3 is 20.1 Å². The molecule has 0 aliphatic carbocycles. The fourth-order valence-electron chi connectivity index (χ4n) is 1.16. The summed E-state index contributed by atoms with van der Waals surface area (Å²) in [5.41, 5.74) is -0.496. The Bertz CT molecular complexity index is 342. The molecule has 1 aromatic rings. The third-order valence-corrected chi connectivity index (χ3v) is 2.29. The van der Waals surface area contributed by atoms with Gasteiger partial charge in [0, 0.05) is 13.2 Å². The molecule has 0 aromatic carbocycles. The number of nitrogens with zero attached hydrogens (tertiary/aromatic N) is 1. The van der Waals surface area contributed by atoms with Crippen molar-refractivity contribution in [1.82, 2.24) is 9.88 Å². The van der Waals surface area contributed by atoms with Crippen molar-refractivity contribution >= 4 is 5.91 Å². The molecule has 84 valence electrons. The maximum absolute atomic E-state index is 11.7. The Morgan fingerprint density at radius 3 is 2.53 bits per heavy atom. The van der Waals surface area contributed by atoms with Crippen molar-refractivity contribution in [2.24, 2.45) is 7.05 Å². The van der Waals surface area contributed by atoms with Crippen LogP contribution in [0.5, 0.6) is 0 Å². The number of hydrogen-bond donors (Lipinski definition) is 3. The zero-order chi connectivity index (χ0) is 11.5. The number of aromatic nitrogens is 1. The van der Waals surface area contributed by atoms with Crippen LogP contribution in [0.1, 0.15) is 17.4 Å². The highest BCUT2D eigenvalue weighted by Crippen LogP contribution is 2.05. The summed E-state index contributed by atoms with van der Waals surface area (Å²) in [6.45, 7) is 0.965. The quantitative estimate of drug-likeness (QED) is 0.629. The Morgan fingerprint density at radius 2 is 2.13 bits per heavy atom. The molecule has 1 aromatic heterocycles. The molecular weight excluding hydrogens is 196 g/mol. The summed E-state index contributed by atoms with van der Waals surface area (Å²) in [5, 5.41) is 20.6. The van der Waals surface area contributed by atoms with Gasteiger partial charge in [-0.3, -0.25) is 4.79 Å². The Balaban J connectivity index is 2.76. The van der Waals surface area contributed by atoms with Gasteiger partial charge in [0.1, 0.15) is 5.69 Å². The van der Waals surface area contributed by atoms with Crippen LogP contribution in [0.3, 0.4) is 0 Å². The molecule has 0 radical (unpaired) electrons. The van der Waals surface area contributed by atoms with Crippen LogP contribution >= 0.6 is 0 Å². The van der Waals surface area contributed by atoms with Gasteiger partial charge in [-0.05, 0) is 19.1 Å². The van der Waals surface area contributed by atoms with Gasteiger partial charge in [0.15, 0.2) is 0 Å². The third-order valence-electron chi connectivity index (χ3n) is 2.29. The predicted molar refractivity (Wildman–Crippen MR) is 55.5 cm³/mol. The highest BCUT2D eigenvalue weighted by Gasteiger charge is 2.25. The molecule has 15 heavy (non-hydrogen) atoms. The van der Waals surface area contributed by atoms with E-state index in [1.807, 2.05) is 0 Å². The van der Waals surface area contributed by atoms with Gasteiger partial charge in [-0.25, -0.2) is 0 Å². The lowest BCUT2D eigenvalue weighted by Gasteiger charge is -2.26. The summed E-state index contributed by atoms with van der Waals surface area (Å²) < 4.78 is 1.67. The van der Waals surface area contributed by atoms with Crippen LogP contribution in [0.4, 0.5) is 0 Å². The molecule has 0 aliphatic heterocycles. The molecule has 0 spiro atoms. The molecule has 1 rings (SSSR count). The highest BCUT2D eigenvalue weighted by atomic mass is 16.3. The first-order chi connectivity index (χ1) is 7.02. The van der Waals surface area contributed by atoms with Crippen LogP contribution in [-0.4, -0.2) is 39.4 Å². The van der Waals surface area contributed by atoms with Gasteiger partial charge in [-0.15, -0.1) is 0 Å². The topological polar surface area (TPSA) is 74.5 Å². The van der Waals surface area contributed by atoms with E-state index >= 15 is 0 Å². The van der Waals surface area contributed by atoms with Gasteiger partial charge in [-0.2, -0.15) is 0 Å². The van der Waals surface area contributed by atoms with E-state index in [0.29, 0.717) is 5.69 Å². The van der Waals surface area contributed by atoms with Gasteiger partial charge in [0.2, 0.25) is 0 Å². The van der Waals surface area contributed by atoms with E-state index in [0.717, 1.165) is 0 Å². The summed E-state index contributed by atoms with van der Waals surface area (Å²) in [5.74, 6) is -0.312. The molecular formula is C10H16N2O3. The van der Waals surface area contributed by atoms with Crippen LogP contribution in [0.15, 0.2) is 18.3 Å². The van der Waals surface area contributed by atoms with Crippen LogP contribution in [0, 0.1) is 0 Å². The zero-order valence-electron chi connectivity index (χ0n) is 8.90. The van der Waals surface area contributed by atoms with E-state index in [1.165, 1.54) is 0 Å². The molecule has 1 amide bonds. The van der Waals surface area contributed by atoms with Crippen LogP contribution < -0.4 is 5.32 Å². The standard InChI is InChI=1S/C10H16N2O3/c1-10(6-13,7-14)11-9(15)8-4-3-5-12(8)2/h3-5,13-14H,6-7H2,1-2H3,(H,11,15). The molecule has 5 nitrogen and oxygen atoms in total. The number of nitrogens with one attached hydrogen (secondary N) is 1. The normalized spacial score (nSPS) is 11.5. The van der Waals surface area contributed by atoms with E-state index in [2.05, 4.69) is 5.32 Å². The molecule has 0 bridgehead atoms. The number of aliphatic hydroxyl groups excluding tert-OH is 2. The van der Waals surface area contributed by atoms with E-state index in [-0.39, 0.29) is 19.1 Å². The fraction of sp³-hybridized carbons (Fsp3) is 0.500. The highest BCUT2D eigenvalue weighted by molar-refractivity contribution is 5.93. The minimum Gasteiger partial charge on any atom is -0.394 e. The Kier molecular flexibility index (Phi) is 3.49. The predicted octanol–water partition coefficient (Wildman–Crippen LogP) is -0.502. The lowest BCUT2D eigenvalue weighted by molar-refractivity contribution is 0.0717. The SMILES string of the molecule is Cn1cccc1C(=O)NC(C)(CO)CO. The second kappa shape index (κ2) is 4.46. The second-order valence-electron chi connectivity index (χ2n) is 3.84. The molecule has 3 N–H and O–H groups in total. The van der Waals surface area contributed by atoms with E-state index in [4.69, 9.17) is 10.2 Å². The van der Waals surface area contributed by atoms with E-state index in [9.17, 15) is 4.79 Å². The molecule has 0 aliphatic rings. The van der Waals surface area contributed by atoms with Crippen LogP contribution in [0.2, 0.25) is 0 Å². The number of aliphatic hydroxyl groups is 2. The zero-order valence-corrected chi connectivity index (χ0v) is 8.90. The summed E-state index contributed by atoms with van der Waals surface area (Å²) >= 11 is 0. The minimum atomic E-state index is -0.985. The molecule has 0 fully saturated rings. The number of amides is 1. The van der Waals surface area contributed by atoms with Gasteiger partial charge in [-0.1, -0.05) is 0 Å². The Morgan fingerprint density at radius 1 is 1.53 bits per heavy atom. The largest absolute Gasteiger partial charge is 0.394 e.